The van der Waals surface area contributed by atoms with E-state index in [0.29, 0.717) is 10.2 Å². The lowest BCUT2D eigenvalue weighted by Gasteiger charge is -2.13. The van der Waals surface area contributed by atoms with Gasteiger partial charge in [-0.1, -0.05) is 46.9 Å². The van der Waals surface area contributed by atoms with E-state index in [9.17, 15) is 9.59 Å². The van der Waals surface area contributed by atoms with E-state index in [0.717, 1.165) is 31.2 Å². The lowest BCUT2D eigenvalue weighted by Crippen LogP contribution is -2.15. The molecule has 20 heavy (non-hydrogen) atoms. The van der Waals surface area contributed by atoms with Gasteiger partial charge in [0.05, 0.1) is 13.0 Å². The predicted octanol–water partition coefficient (Wildman–Crippen LogP) is 3.29. The molecule has 2 rings (SSSR count). The molecule has 0 bridgehead atoms. The van der Waals surface area contributed by atoms with Crippen molar-refractivity contribution < 1.29 is 14.3 Å². The average Bonchev–Trinajstić information content (AvgIpc) is 2.86. The Hall–Kier alpha value is -0.910. The maximum atomic E-state index is 11.7. The fourth-order valence-electron chi connectivity index (χ4n) is 2.70. The summed E-state index contributed by atoms with van der Waals surface area (Å²) in [6, 6.07) is 8.02. The molecule has 0 aliphatic heterocycles. The quantitative estimate of drug-likeness (QED) is 0.443. The number of methoxy groups -OCH3 is 1. The Balaban J connectivity index is 2.05. The fourth-order valence-corrected chi connectivity index (χ4v) is 3.57. The molecule has 2 atom stereocenters. The number of ketones is 1. The first-order chi connectivity index (χ1) is 9.65. The Morgan fingerprint density at radius 1 is 1.40 bits per heavy atom. The molecule has 1 aromatic rings. The summed E-state index contributed by atoms with van der Waals surface area (Å²) in [5.41, 5.74) is 2.15. The molecule has 1 aliphatic rings. The molecule has 3 nitrogen and oxygen atoms in total. The SMILES string of the molecule is COC(=O)C(CI)c1ccc(CC2CCCC2=O)cc1. The van der Waals surface area contributed by atoms with Crippen LogP contribution >= 0.6 is 22.6 Å². The van der Waals surface area contributed by atoms with Gasteiger partial charge in [0.25, 0.3) is 0 Å². The van der Waals surface area contributed by atoms with Gasteiger partial charge in [-0.15, -0.1) is 0 Å². The molecule has 0 radical (unpaired) electrons. The van der Waals surface area contributed by atoms with Crippen molar-refractivity contribution in [3.8, 4) is 0 Å². The van der Waals surface area contributed by atoms with Crippen molar-refractivity contribution in [2.45, 2.75) is 31.6 Å². The Morgan fingerprint density at radius 3 is 2.60 bits per heavy atom. The number of halogens is 1. The van der Waals surface area contributed by atoms with Crippen LogP contribution in [0.4, 0.5) is 0 Å². The van der Waals surface area contributed by atoms with Gasteiger partial charge in [0, 0.05) is 16.8 Å². The number of Topliss-reactive ketones (excluding diaryl/α,β-unsaturated/α-hetero) is 1. The highest BCUT2D eigenvalue weighted by atomic mass is 127. The molecule has 0 spiro atoms. The van der Waals surface area contributed by atoms with Crippen molar-refractivity contribution in [3.63, 3.8) is 0 Å². The molecule has 0 aromatic heterocycles. The second-order valence-electron chi connectivity index (χ2n) is 5.23. The van der Waals surface area contributed by atoms with Crippen molar-refractivity contribution >= 4 is 34.3 Å². The molecule has 2 unspecified atom stereocenters. The summed E-state index contributed by atoms with van der Waals surface area (Å²) in [7, 11) is 1.42. The minimum Gasteiger partial charge on any atom is -0.469 e. The molecule has 4 heteroatoms. The summed E-state index contributed by atoms with van der Waals surface area (Å²) in [4.78, 5) is 23.3. The molecule has 0 amide bonds. The van der Waals surface area contributed by atoms with E-state index in [1.807, 2.05) is 24.3 Å². The molecule has 1 aromatic carbocycles. The molecule has 1 fully saturated rings. The predicted molar refractivity (Wildman–Crippen MR) is 86.1 cm³/mol. The number of esters is 1. The third kappa shape index (κ3) is 3.59. The van der Waals surface area contributed by atoms with Gasteiger partial charge in [0.1, 0.15) is 5.78 Å². The smallest absolute Gasteiger partial charge is 0.313 e. The number of hydrogen-bond acceptors (Lipinski definition) is 3. The third-order valence-electron chi connectivity index (χ3n) is 3.94. The van der Waals surface area contributed by atoms with Gasteiger partial charge < -0.3 is 4.74 Å². The van der Waals surface area contributed by atoms with Crippen LogP contribution in [0.25, 0.3) is 0 Å². The van der Waals surface area contributed by atoms with Crippen LogP contribution in [0.1, 0.15) is 36.3 Å². The Kier molecular flexibility index (Phi) is 5.57. The first-order valence-electron chi connectivity index (χ1n) is 6.91. The summed E-state index contributed by atoms with van der Waals surface area (Å²) in [5, 5.41) is 0. The van der Waals surface area contributed by atoms with Gasteiger partial charge in [-0.05, 0) is 30.4 Å². The zero-order valence-corrected chi connectivity index (χ0v) is 13.8. The van der Waals surface area contributed by atoms with Crippen LogP contribution in [-0.4, -0.2) is 23.3 Å². The van der Waals surface area contributed by atoms with E-state index < -0.39 is 0 Å². The summed E-state index contributed by atoms with van der Waals surface area (Å²) < 4.78 is 5.52. The highest BCUT2D eigenvalue weighted by Gasteiger charge is 2.25. The minimum atomic E-state index is -0.206. The highest BCUT2D eigenvalue weighted by Crippen LogP contribution is 2.26. The van der Waals surface area contributed by atoms with Crippen molar-refractivity contribution in [1.29, 1.82) is 0 Å². The molecule has 1 aliphatic carbocycles. The number of benzene rings is 1. The third-order valence-corrected chi connectivity index (χ3v) is 4.82. The summed E-state index contributed by atoms with van der Waals surface area (Å²) in [5.74, 6) is 0.191. The zero-order chi connectivity index (χ0) is 14.5. The molecule has 108 valence electrons. The Morgan fingerprint density at radius 2 is 2.10 bits per heavy atom. The van der Waals surface area contributed by atoms with Gasteiger partial charge in [-0.3, -0.25) is 9.59 Å². The molecule has 1 saturated carbocycles. The second kappa shape index (κ2) is 7.20. The first kappa shape index (κ1) is 15.5. The first-order valence-corrected chi connectivity index (χ1v) is 8.43. The summed E-state index contributed by atoms with van der Waals surface area (Å²) >= 11 is 2.20. The van der Waals surface area contributed by atoms with E-state index in [1.54, 1.807) is 0 Å². The van der Waals surface area contributed by atoms with E-state index in [1.165, 1.54) is 12.7 Å². The number of carbonyl (C=O) groups is 2. The van der Waals surface area contributed by atoms with Crippen LogP contribution in [-0.2, 0) is 20.7 Å². The van der Waals surface area contributed by atoms with E-state index in [-0.39, 0.29) is 17.8 Å². The lowest BCUT2D eigenvalue weighted by atomic mass is 9.94. The van der Waals surface area contributed by atoms with E-state index in [4.69, 9.17) is 4.74 Å². The average molecular weight is 386 g/mol. The number of rotatable bonds is 5. The standard InChI is InChI=1S/C16H19IO3/c1-20-16(19)14(10-17)12-7-5-11(6-8-12)9-13-3-2-4-15(13)18/h5-8,13-14H,2-4,9-10H2,1H3. The van der Waals surface area contributed by atoms with Crippen LogP contribution in [0, 0.1) is 5.92 Å². The number of hydrogen-bond donors (Lipinski definition) is 0. The minimum absolute atomic E-state index is 0.196. The topological polar surface area (TPSA) is 43.4 Å². The molecular weight excluding hydrogens is 367 g/mol. The fraction of sp³-hybridized carbons (Fsp3) is 0.500. The van der Waals surface area contributed by atoms with Crippen LogP contribution in [0.3, 0.4) is 0 Å². The van der Waals surface area contributed by atoms with Gasteiger partial charge in [-0.25, -0.2) is 0 Å². The van der Waals surface area contributed by atoms with E-state index in [2.05, 4.69) is 22.6 Å². The summed E-state index contributed by atoms with van der Waals surface area (Å²) in [6.07, 6.45) is 3.61. The summed E-state index contributed by atoms with van der Waals surface area (Å²) in [6.45, 7) is 0. The molecule has 0 heterocycles. The highest BCUT2D eigenvalue weighted by molar-refractivity contribution is 14.1. The molecule has 0 N–H and O–H groups in total. The van der Waals surface area contributed by atoms with Crippen LogP contribution in [0.5, 0.6) is 0 Å². The molecular formula is C16H19IO3. The van der Waals surface area contributed by atoms with Crippen molar-refractivity contribution in [1.82, 2.24) is 0 Å². The number of ether oxygens (including phenoxy) is 1. The maximum Gasteiger partial charge on any atom is 0.313 e. The molecule has 0 saturated heterocycles. The Bertz CT molecular complexity index is 481. The normalized spacial score (nSPS) is 19.9. The number of carbonyl (C=O) groups excluding carboxylic acids is 2. The Labute approximate surface area is 133 Å². The second-order valence-corrected chi connectivity index (χ2v) is 6.11. The van der Waals surface area contributed by atoms with E-state index >= 15 is 0 Å². The van der Waals surface area contributed by atoms with Crippen LogP contribution in [0.15, 0.2) is 24.3 Å². The number of alkyl halides is 1. The van der Waals surface area contributed by atoms with Gasteiger partial charge in [0.15, 0.2) is 0 Å². The van der Waals surface area contributed by atoms with Gasteiger partial charge in [0.2, 0.25) is 0 Å². The monoisotopic (exact) mass is 386 g/mol. The van der Waals surface area contributed by atoms with Crippen molar-refractivity contribution in [2.75, 3.05) is 11.5 Å². The van der Waals surface area contributed by atoms with Gasteiger partial charge >= 0.3 is 5.97 Å². The van der Waals surface area contributed by atoms with Crippen molar-refractivity contribution in [3.05, 3.63) is 35.4 Å². The zero-order valence-electron chi connectivity index (χ0n) is 11.6. The van der Waals surface area contributed by atoms with Crippen LogP contribution < -0.4 is 0 Å². The van der Waals surface area contributed by atoms with Crippen molar-refractivity contribution in [2.24, 2.45) is 5.92 Å². The van der Waals surface area contributed by atoms with Crippen LogP contribution in [0.2, 0.25) is 0 Å². The maximum absolute atomic E-state index is 11.7. The lowest BCUT2D eigenvalue weighted by molar-refractivity contribution is -0.141. The largest absolute Gasteiger partial charge is 0.469 e. The van der Waals surface area contributed by atoms with Gasteiger partial charge in [-0.2, -0.15) is 0 Å².